The number of carbonyl (C=O) groups is 3. The third-order valence-electron chi connectivity index (χ3n) is 8.04. The highest BCUT2D eigenvalue weighted by Crippen LogP contribution is 2.26. The Kier molecular flexibility index (Phi) is 15.7. The number of nitrogens with zero attached hydrogens (tertiary/aromatic N) is 4. The van der Waals surface area contributed by atoms with Crippen molar-refractivity contribution >= 4 is 29.8 Å². The lowest BCUT2D eigenvalue weighted by molar-refractivity contribution is -0.139. The molecule has 0 aliphatic carbocycles. The lowest BCUT2D eigenvalue weighted by Gasteiger charge is -2.44. The van der Waals surface area contributed by atoms with Gasteiger partial charge in [-0.05, 0) is 86.9 Å². The predicted octanol–water partition coefficient (Wildman–Crippen LogP) is 5.07. The molecule has 0 saturated carbocycles. The van der Waals surface area contributed by atoms with E-state index in [2.05, 4.69) is 37.5 Å². The van der Waals surface area contributed by atoms with Gasteiger partial charge in [0, 0.05) is 63.4 Å². The number of benzene rings is 1. The molecule has 0 unspecified atom stereocenters. The van der Waals surface area contributed by atoms with Crippen molar-refractivity contribution in [3.63, 3.8) is 0 Å². The van der Waals surface area contributed by atoms with Gasteiger partial charge in [-0.15, -0.1) is 0 Å². The highest BCUT2D eigenvalue weighted by atomic mass is 35.5. The Labute approximate surface area is 292 Å². The highest BCUT2D eigenvalue weighted by Gasteiger charge is 2.35. The van der Waals surface area contributed by atoms with E-state index in [1.807, 2.05) is 41.5 Å². The summed E-state index contributed by atoms with van der Waals surface area (Å²) in [6.07, 6.45) is -0.346. The summed E-state index contributed by atoms with van der Waals surface area (Å²) in [5.41, 5.74) is -0.170. The zero-order chi connectivity index (χ0) is 36.4. The fourth-order valence-electron chi connectivity index (χ4n) is 5.93. The van der Waals surface area contributed by atoms with Gasteiger partial charge in [0.1, 0.15) is 23.6 Å². The summed E-state index contributed by atoms with van der Waals surface area (Å²) in [4.78, 5) is 43.9. The summed E-state index contributed by atoms with van der Waals surface area (Å²) in [5.74, 6) is 0.236. The second-order valence-corrected chi connectivity index (χ2v) is 15.1. The Morgan fingerprint density at radius 3 is 1.62 bits per heavy atom. The SMILES string of the molecule is COC(=O)Cc1ccc(Cl)c(OCCN2[C@H](C)CN(C(=O)OC(C)(C)C)C[C@@H]2C)c1.C[C@@H]1CN(C(=O)OC(C)(C)C)C[C@H](C)N1CCO. The van der Waals surface area contributed by atoms with E-state index in [-0.39, 0.29) is 55.4 Å². The molecule has 274 valence electrons. The van der Waals surface area contributed by atoms with Crippen LogP contribution in [0.4, 0.5) is 9.59 Å². The van der Waals surface area contributed by atoms with Crippen molar-refractivity contribution in [2.24, 2.45) is 0 Å². The number of carbonyl (C=O) groups excluding carboxylic acids is 3. The molecule has 1 N–H and O–H groups in total. The fraction of sp³-hybridized carbons (Fsp3) is 0.743. The Morgan fingerprint density at radius 1 is 0.792 bits per heavy atom. The number of aliphatic hydroxyl groups is 1. The molecular formula is C35H59ClN4O8. The first kappa shape index (κ1) is 41.4. The average molecular weight is 699 g/mol. The van der Waals surface area contributed by atoms with Crippen LogP contribution in [0, 0.1) is 0 Å². The maximum Gasteiger partial charge on any atom is 0.410 e. The quantitative estimate of drug-likeness (QED) is 0.291. The van der Waals surface area contributed by atoms with Gasteiger partial charge in [0.2, 0.25) is 0 Å². The number of ether oxygens (including phenoxy) is 4. The number of hydrogen-bond donors (Lipinski definition) is 1. The molecule has 48 heavy (non-hydrogen) atoms. The lowest BCUT2D eigenvalue weighted by atomic mass is 10.1. The summed E-state index contributed by atoms with van der Waals surface area (Å²) < 4.78 is 21.5. The maximum absolute atomic E-state index is 12.4. The first-order valence-corrected chi connectivity index (χ1v) is 17.2. The van der Waals surface area contributed by atoms with Gasteiger partial charge in [-0.1, -0.05) is 17.7 Å². The van der Waals surface area contributed by atoms with Gasteiger partial charge in [0.25, 0.3) is 0 Å². The number of rotatable bonds is 8. The molecule has 0 spiro atoms. The van der Waals surface area contributed by atoms with Gasteiger partial charge >= 0.3 is 18.2 Å². The van der Waals surface area contributed by atoms with Crippen LogP contribution in [0.3, 0.4) is 0 Å². The smallest absolute Gasteiger partial charge is 0.410 e. The fourth-order valence-corrected chi connectivity index (χ4v) is 6.10. The van der Waals surface area contributed by atoms with Crippen molar-refractivity contribution < 1.29 is 38.4 Å². The number of β-amino-alcohol motifs (C(OH)–C–C–N with tert-alkyl or cyclic N) is 1. The monoisotopic (exact) mass is 698 g/mol. The minimum absolute atomic E-state index is 0.154. The summed E-state index contributed by atoms with van der Waals surface area (Å²) in [7, 11) is 1.36. The number of halogens is 1. The van der Waals surface area contributed by atoms with Crippen LogP contribution >= 0.6 is 11.6 Å². The number of piperazine rings is 2. The van der Waals surface area contributed by atoms with Crippen LogP contribution in [-0.4, -0.2) is 138 Å². The maximum atomic E-state index is 12.4. The molecule has 1 aromatic rings. The predicted molar refractivity (Wildman–Crippen MR) is 187 cm³/mol. The van der Waals surface area contributed by atoms with Gasteiger partial charge in [-0.2, -0.15) is 0 Å². The third kappa shape index (κ3) is 13.6. The van der Waals surface area contributed by atoms with Crippen LogP contribution in [0.15, 0.2) is 18.2 Å². The molecule has 4 atom stereocenters. The number of amides is 2. The number of esters is 1. The van der Waals surface area contributed by atoms with E-state index in [1.54, 1.807) is 28.0 Å². The molecule has 0 radical (unpaired) electrons. The molecule has 3 rings (SSSR count). The van der Waals surface area contributed by atoms with E-state index < -0.39 is 11.2 Å². The standard InChI is InChI=1S/C22H33ClN2O5.C13H26N2O3/c1-15-13-24(21(27)30-22(3,4)5)14-16(2)25(15)9-10-29-19-11-17(7-8-18(19)23)12-20(26)28-6;1-10-8-14(12(17)18-13(3,4)5)9-11(2)15(10)6-7-16/h7-8,11,15-16H,9-10,12-14H2,1-6H3;10-11,16H,6-9H2,1-5H3/t15-,16+;10-,11+. The van der Waals surface area contributed by atoms with Crippen molar-refractivity contribution in [2.75, 3.05) is 59.6 Å². The van der Waals surface area contributed by atoms with Gasteiger partial charge in [-0.25, -0.2) is 9.59 Å². The Morgan fingerprint density at radius 2 is 1.23 bits per heavy atom. The largest absolute Gasteiger partial charge is 0.491 e. The zero-order valence-electron chi connectivity index (χ0n) is 30.9. The van der Waals surface area contributed by atoms with Crippen molar-refractivity contribution in [1.82, 2.24) is 19.6 Å². The van der Waals surface area contributed by atoms with Crippen molar-refractivity contribution in [1.29, 1.82) is 0 Å². The Balaban J connectivity index is 0.000000379. The minimum Gasteiger partial charge on any atom is -0.491 e. The molecule has 2 saturated heterocycles. The van der Waals surface area contributed by atoms with Crippen LogP contribution < -0.4 is 4.74 Å². The molecule has 0 bridgehead atoms. The Hall–Kier alpha value is -2.80. The van der Waals surface area contributed by atoms with Crippen LogP contribution in [0.5, 0.6) is 5.75 Å². The van der Waals surface area contributed by atoms with E-state index >= 15 is 0 Å². The molecule has 2 aliphatic rings. The lowest BCUT2D eigenvalue weighted by Crippen LogP contribution is -2.59. The Bertz CT molecular complexity index is 1180. The van der Waals surface area contributed by atoms with Gasteiger partial charge in [0.15, 0.2) is 0 Å². The highest BCUT2D eigenvalue weighted by molar-refractivity contribution is 6.32. The van der Waals surface area contributed by atoms with Crippen molar-refractivity contribution in [2.45, 2.75) is 111 Å². The first-order valence-electron chi connectivity index (χ1n) is 16.8. The zero-order valence-corrected chi connectivity index (χ0v) is 31.6. The van der Waals surface area contributed by atoms with Crippen molar-refractivity contribution in [3.8, 4) is 5.75 Å². The van der Waals surface area contributed by atoms with Crippen LogP contribution in [-0.2, 0) is 25.4 Å². The summed E-state index contributed by atoms with van der Waals surface area (Å²) in [5, 5.41) is 9.53. The van der Waals surface area contributed by atoms with E-state index in [9.17, 15) is 14.4 Å². The van der Waals surface area contributed by atoms with Crippen LogP contribution in [0.1, 0.15) is 74.8 Å². The third-order valence-corrected chi connectivity index (χ3v) is 8.36. The van der Waals surface area contributed by atoms with E-state index in [0.717, 1.165) is 5.56 Å². The molecule has 12 nitrogen and oxygen atoms in total. The molecule has 2 aliphatic heterocycles. The molecule has 0 aromatic heterocycles. The average Bonchev–Trinajstić information content (AvgIpc) is 2.96. The molecule has 2 heterocycles. The molecule has 2 fully saturated rings. The number of aliphatic hydroxyl groups excluding tert-OH is 1. The molecule has 1 aromatic carbocycles. The van der Waals surface area contributed by atoms with E-state index in [0.29, 0.717) is 56.6 Å². The molecule has 2 amide bonds. The minimum atomic E-state index is -0.504. The van der Waals surface area contributed by atoms with Gasteiger partial charge < -0.3 is 33.9 Å². The van der Waals surface area contributed by atoms with Crippen LogP contribution in [0.25, 0.3) is 0 Å². The van der Waals surface area contributed by atoms with Gasteiger partial charge in [-0.3, -0.25) is 14.6 Å². The topological polar surface area (TPSA) is 121 Å². The number of hydrogen-bond acceptors (Lipinski definition) is 10. The number of methoxy groups -OCH3 is 1. The first-order chi connectivity index (χ1) is 22.2. The molecule has 13 heteroatoms. The molecular weight excluding hydrogens is 640 g/mol. The van der Waals surface area contributed by atoms with Crippen LogP contribution in [0.2, 0.25) is 5.02 Å². The summed E-state index contributed by atoms with van der Waals surface area (Å²) >= 11 is 6.24. The second kappa shape index (κ2) is 18.3. The summed E-state index contributed by atoms with van der Waals surface area (Å²) in [6.45, 7) is 24.0. The van der Waals surface area contributed by atoms with E-state index in [1.165, 1.54) is 7.11 Å². The van der Waals surface area contributed by atoms with Crippen molar-refractivity contribution in [3.05, 3.63) is 28.8 Å². The summed E-state index contributed by atoms with van der Waals surface area (Å²) in [6, 6.07) is 6.11. The second-order valence-electron chi connectivity index (χ2n) is 14.7. The normalized spacial score (nSPS) is 22.4. The van der Waals surface area contributed by atoms with Gasteiger partial charge in [0.05, 0.1) is 25.2 Å². The van der Waals surface area contributed by atoms with E-state index in [4.69, 9.17) is 35.7 Å².